The van der Waals surface area contributed by atoms with Crippen LogP contribution in [-0.2, 0) is 4.79 Å². The summed E-state index contributed by atoms with van der Waals surface area (Å²) in [6.45, 7) is 4.11. The summed E-state index contributed by atoms with van der Waals surface area (Å²) in [6, 6.07) is 0.390. The van der Waals surface area contributed by atoms with Crippen LogP contribution in [0.1, 0.15) is 46.0 Å². The second kappa shape index (κ2) is 5.84. The quantitative estimate of drug-likeness (QED) is 0.532. The van der Waals surface area contributed by atoms with Gasteiger partial charge in [-0.1, -0.05) is 32.3 Å². The summed E-state index contributed by atoms with van der Waals surface area (Å²) in [4.78, 5) is 11.4. The molecule has 2 atom stereocenters. The minimum atomic E-state index is 0.0613. The van der Waals surface area contributed by atoms with Crippen LogP contribution in [0.2, 0.25) is 0 Å². The molecular formula is C12H21NO. The average molecular weight is 195 g/mol. The average Bonchev–Trinajstić information content (AvgIpc) is 2.33. The van der Waals surface area contributed by atoms with E-state index in [0.29, 0.717) is 12.0 Å². The van der Waals surface area contributed by atoms with Crippen LogP contribution in [0.3, 0.4) is 0 Å². The van der Waals surface area contributed by atoms with E-state index < -0.39 is 0 Å². The maximum absolute atomic E-state index is 11.4. The van der Waals surface area contributed by atoms with Gasteiger partial charge in [-0.05, 0) is 31.8 Å². The number of rotatable bonds is 2. The zero-order valence-corrected chi connectivity index (χ0v) is 9.25. The molecule has 0 bridgehead atoms. The van der Waals surface area contributed by atoms with Crippen molar-refractivity contribution >= 4 is 5.91 Å². The van der Waals surface area contributed by atoms with Crippen molar-refractivity contribution in [3.63, 3.8) is 0 Å². The molecule has 1 amide bonds. The third-order valence-corrected chi connectivity index (χ3v) is 3.01. The Morgan fingerprint density at radius 1 is 1.29 bits per heavy atom. The highest BCUT2D eigenvalue weighted by molar-refractivity contribution is 5.87. The van der Waals surface area contributed by atoms with Crippen molar-refractivity contribution in [3.8, 4) is 0 Å². The molecule has 0 spiro atoms. The Hall–Kier alpha value is -0.790. The molecule has 0 aromatic heterocycles. The molecule has 2 unspecified atom stereocenters. The predicted octanol–water partition coefficient (Wildman–Crippen LogP) is 2.65. The molecule has 1 aliphatic rings. The highest BCUT2D eigenvalue weighted by Gasteiger charge is 2.20. The van der Waals surface area contributed by atoms with Crippen LogP contribution >= 0.6 is 0 Å². The molecule has 1 saturated carbocycles. The Bertz CT molecular complexity index is 210. The lowest BCUT2D eigenvalue weighted by molar-refractivity contribution is -0.117. The van der Waals surface area contributed by atoms with Gasteiger partial charge in [0.15, 0.2) is 0 Å². The fraction of sp³-hybridized carbons (Fsp3) is 0.750. The van der Waals surface area contributed by atoms with Crippen LogP contribution in [0, 0.1) is 5.92 Å². The first kappa shape index (κ1) is 11.3. The lowest BCUT2D eigenvalue weighted by Gasteiger charge is -2.21. The molecule has 1 N–H and O–H groups in total. The summed E-state index contributed by atoms with van der Waals surface area (Å²) >= 11 is 0. The van der Waals surface area contributed by atoms with Gasteiger partial charge in [0.2, 0.25) is 5.91 Å². The van der Waals surface area contributed by atoms with Crippen molar-refractivity contribution in [2.24, 2.45) is 5.92 Å². The Morgan fingerprint density at radius 2 is 2.00 bits per heavy atom. The van der Waals surface area contributed by atoms with Gasteiger partial charge in [-0.15, -0.1) is 0 Å². The maximum atomic E-state index is 11.4. The van der Waals surface area contributed by atoms with Gasteiger partial charge < -0.3 is 5.32 Å². The van der Waals surface area contributed by atoms with Crippen LogP contribution in [0.25, 0.3) is 0 Å². The topological polar surface area (TPSA) is 29.1 Å². The molecule has 1 fully saturated rings. The lowest BCUT2D eigenvalue weighted by atomic mass is 9.97. The van der Waals surface area contributed by atoms with Crippen molar-refractivity contribution < 1.29 is 4.79 Å². The number of carbonyl (C=O) groups excluding carboxylic acids is 1. The Labute approximate surface area is 86.8 Å². The standard InChI is InChI=1S/C12H21NO/c1-3-7-12(14)13-11-9-6-4-5-8-10(11)2/h3,7,10-11H,4-6,8-9H2,1-2H3,(H,13,14). The van der Waals surface area contributed by atoms with E-state index in [1.165, 1.54) is 25.7 Å². The Balaban J connectivity index is 2.44. The van der Waals surface area contributed by atoms with Crippen molar-refractivity contribution in [1.82, 2.24) is 5.32 Å². The molecule has 0 aliphatic heterocycles. The summed E-state index contributed by atoms with van der Waals surface area (Å²) < 4.78 is 0. The number of hydrogen-bond donors (Lipinski definition) is 1. The van der Waals surface area contributed by atoms with E-state index in [-0.39, 0.29) is 5.91 Å². The third-order valence-electron chi connectivity index (χ3n) is 3.01. The Morgan fingerprint density at radius 3 is 2.71 bits per heavy atom. The summed E-state index contributed by atoms with van der Waals surface area (Å²) in [5.41, 5.74) is 0. The zero-order valence-electron chi connectivity index (χ0n) is 9.25. The first-order valence-corrected chi connectivity index (χ1v) is 5.67. The largest absolute Gasteiger partial charge is 0.350 e. The lowest BCUT2D eigenvalue weighted by Crippen LogP contribution is -2.37. The van der Waals surface area contributed by atoms with Crippen LogP contribution in [0.4, 0.5) is 0 Å². The SMILES string of the molecule is CC=CC(=O)NC1CCCCCC1C. The Kier molecular flexibility index (Phi) is 4.71. The number of amides is 1. The molecule has 2 heteroatoms. The van der Waals surface area contributed by atoms with Gasteiger partial charge in [-0.25, -0.2) is 0 Å². The smallest absolute Gasteiger partial charge is 0.243 e. The maximum Gasteiger partial charge on any atom is 0.243 e. The van der Waals surface area contributed by atoms with Crippen LogP contribution in [0.15, 0.2) is 12.2 Å². The van der Waals surface area contributed by atoms with Crippen molar-refractivity contribution in [2.75, 3.05) is 0 Å². The van der Waals surface area contributed by atoms with Gasteiger partial charge in [-0.2, -0.15) is 0 Å². The number of hydrogen-bond acceptors (Lipinski definition) is 1. The normalized spacial score (nSPS) is 28.7. The first-order chi connectivity index (χ1) is 6.74. The van der Waals surface area contributed by atoms with Crippen LogP contribution < -0.4 is 5.32 Å². The molecule has 1 rings (SSSR count). The summed E-state index contributed by atoms with van der Waals surface area (Å²) in [5.74, 6) is 0.693. The molecule has 0 saturated heterocycles. The van der Waals surface area contributed by atoms with E-state index in [0.717, 1.165) is 6.42 Å². The molecular weight excluding hydrogens is 174 g/mol. The highest BCUT2D eigenvalue weighted by Crippen LogP contribution is 2.22. The van der Waals surface area contributed by atoms with Gasteiger partial charge in [0, 0.05) is 6.04 Å². The van der Waals surface area contributed by atoms with Gasteiger partial charge in [0.25, 0.3) is 0 Å². The summed E-state index contributed by atoms with van der Waals surface area (Å²) in [6.07, 6.45) is 9.68. The van der Waals surface area contributed by atoms with Gasteiger partial charge in [-0.3, -0.25) is 4.79 Å². The van der Waals surface area contributed by atoms with E-state index >= 15 is 0 Å². The molecule has 14 heavy (non-hydrogen) atoms. The number of carbonyl (C=O) groups is 1. The van der Waals surface area contributed by atoms with Gasteiger partial charge >= 0.3 is 0 Å². The number of allylic oxidation sites excluding steroid dienone is 1. The minimum absolute atomic E-state index is 0.0613. The monoisotopic (exact) mass is 195 g/mol. The fourth-order valence-corrected chi connectivity index (χ4v) is 2.09. The van der Waals surface area contributed by atoms with Crippen molar-refractivity contribution in [2.45, 2.75) is 52.0 Å². The first-order valence-electron chi connectivity index (χ1n) is 5.67. The van der Waals surface area contributed by atoms with Crippen LogP contribution in [-0.4, -0.2) is 11.9 Å². The van der Waals surface area contributed by atoms with E-state index in [4.69, 9.17) is 0 Å². The van der Waals surface area contributed by atoms with E-state index in [1.54, 1.807) is 12.2 Å². The zero-order chi connectivity index (χ0) is 10.4. The summed E-state index contributed by atoms with van der Waals surface area (Å²) in [7, 11) is 0. The number of nitrogens with one attached hydrogen (secondary N) is 1. The van der Waals surface area contributed by atoms with Gasteiger partial charge in [0.05, 0.1) is 0 Å². The van der Waals surface area contributed by atoms with E-state index in [1.807, 2.05) is 6.92 Å². The molecule has 0 aromatic carbocycles. The van der Waals surface area contributed by atoms with Crippen molar-refractivity contribution in [1.29, 1.82) is 0 Å². The molecule has 1 aliphatic carbocycles. The predicted molar refractivity (Wildman–Crippen MR) is 59.0 cm³/mol. The molecule has 80 valence electrons. The highest BCUT2D eigenvalue weighted by atomic mass is 16.1. The molecule has 0 heterocycles. The second-order valence-electron chi connectivity index (χ2n) is 4.23. The molecule has 0 aromatic rings. The minimum Gasteiger partial charge on any atom is -0.350 e. The van der Waals surface area contributed by atoms with E-state index in [2.05, 4.69) is 12.2 Å². The molecule has 2 nitrogen and oxygen atoms in total. The van der Waals surface area contributed by atoms with E-state index in [9.17, 15) is 4.79 Å². The molecule has 0 radical (unpaired) electrons. The fourth-order valence-electron chi connectivity index (χ4n) is 2.09. The van der Waals surface area contributed by atoms with Gasteiger partial charge in [0.1, 0.15) is 0 Å². The summed E-state index contributed by atoms with van der Waals surface area (Å²) in [5, 5.41) is 3.08. The second-order valence-corrected chi connectivity index (χ2v) is 4.23. The van der Waals surface area contributed by atoms with Crippen molar-refractivity contribution in [3.05, 3.63) is 12.2 Å². The third kappa shape index (κ3) is 3.52. The van der Waals surface area contributed by atoms with Crippen LogP contribution in [0.5, 0.6) is 0 Å².